The summed E-state index contributed by atoms with van der Waals surface area (Å²) < 4.78 is 35.3. The number of hydrogen-bond acceptors (Lipinski definition) is 1. The first-order chi connectivity index (χ1) is 4.52. The number of allylic oxidation sites excluding steroid dienone is 2. The third-order valence-electron chi connectivity index (χ3n) is 0.752. The maximum atomic E-state index is 11.8. The Labute approximate surface area is 61.8 Å². The van der Waals surface area contributed by atoms with E-state index in [0.717, 1.165) is 11.5 Å². The summed E-state index contributed by atoms with van der Waals surface area (Å²) in [5.41, 5.74) is 0. The van der Waals surface area contributed by atoms with Crippen molar-refractivity contribution in [2.24, 2.45) is 0 Å². The van der Waals surface area contributed by atoms with E-state index < -0.39 is 11.1 Å². The Kier molecular flexibility index (Phi) is 3.57. The van der Waals surface area contributed by atoms with Crippen LogP contribution in [0.3, 0.4) is 0 Å². The minimum Gasteiger partial charge on any atom is -0.166 e. The fraction of sp³-hybridized carbons (Fsp3) is 0.333. The van der Waals surface area contributed by atoms with Crippen LogP contribution in [0.1, 0.15) is 6.92 Å². The van der Waals surface area contributed by atoms with E-state index in [1.54, 1.807) is 0 Å². The number of thioether (sulfide) groups is 1. The molecule has 0 aliphatic carbocycles. The molecule has 0 atom stereocenters. The van der Waals surface area contributed by atoms with Crippen LogP contribution in [0.2, 0.25) is 0 Å². The third kappa shape index (κ3) is 2.96. The van der Waals surface area contributed by atoms with Crippen LogP contribution in [-0.2, 0) is 0 Å². The van der Waals surface area contributed by atoms with Crippen molar-refractivity contribution in [1.29, 1.82) is 0 Å². The van der Waals surface area contributed by atoms with Crippen molar-refractivity contribution in [3.63, 3.8) is 0 Å². The lowest BCUT2D eigenvalue weighted by Crippen LogP contribution is -2.07. The van der Waals surface area contributed by atoms with Gasteiger partial charge < -0.3 is 0 Å². The van der Waals surface area contributed by atoms with Crippen molar-refractivity contribution in [2.75, 3.05) is 0 Å². The zero-order valence-electron chi connectivity index (χ0n) is 5.40. The second-order valence-corrected chi connectivity index (χ2v) is 2.44. The van der Waals surface area contributed by atoms with Gasteiger partial charge in [0.15, 0.2) is 0 Å². The Hall–Kier alpha value is -0.380. The van der Waals surface area contributed by atoms with Gasteiger partial charge in [0.2, 0.25) is 0 Å². The molecular weight excluding hydrogens is 161 g/mol. The molecule has 0 saturated carbocycles. The summed E-state index contributed by atoms with van der Waals surface area (Å²) in [5, 5.41) is 1.16. The zero-order chi connectivity index (χ0) is 8.20. The number of rotatable bonds is 2. The van der Waals surface area contributed by atoms with E-state index in [1.165, 1.54) is 6.92 Å². The highest BCUT2D eigenvalue weighted by Gasteiger charge is 2.32. The second-order valence-electron chi connectivity index (χ2n) is 1.44. The Morgan fingerprint density at radius 1 is 1.50 bits per heavy atom. The Morgan fingerprint density at radius 3 is 2.10 bits per heavy atom. The highest BCUT2D eigenvalue weighted by Crippen LogP contribution is 2.34. The van der Waals surface area contributed by atoms with Crippen LogP contribution in [0.15, 0.2) is 23.0 Å². The van der Waals surface area contributed by atoms with Crippen LogP contribution < -0.4 is 0 Å². The third-order valence-corrected chi connectivity index (χ3v) is 1.64. The average molecular weight is 168 g/mol. The minimum atomic E-state index is -4.23. The number of alkyl halides is 3. The molecule has 0 aliphatic heterocycles. The smallest absolute Gasteiger partial charge is 0.166 e. The van der Waals surface area contributed by atoms with E-state index in [9.17, 15) is 13.2 Å². The van der Waals surface area contributed by atoms with Crippen molar-refractivity contribution in [2.45, 2.75) is 13.1 Å². The summed E-state index contributed by atoms with van der Waals surface area (Å²) in [4.78, 5) is -0.623. The molecule has 0 heterocycles. The van der Waals surface area contributed by atoms with Gasteiger partial charge in [0.1, 0.15) is 0 Å². The largest absolute Gasteiger partial charge is 0.422 e. The van der Waals surface area contributed by atoms with Gasteiger partial charge in [-0.1, -0.05) is 24.4 Å². The molecule has 10 heavy (non-hydrogen) atoms. The van der Waals surface area contributed by atoms with Crippen LogP contribution in [0.25, 0.3) is 0 Å². The van der Waals surface area contributed by atoms with Gasteiger partial charge in [-0.05, 0) is 12.3 Å². The van der Waals surface area contributed by atoms with E-state index in [-0.39, 0.29) is 0 Å². The molecule has 0 amide bonds. The molecule has 0 unspecified atom stereocenters. The zero-order valence-corrected chi connectivity index (χ0v) is 6.22. The molecule has 4 heteroatoms. The predicted molar refractivity (Wildman–Crippen MR) is 37.6 cm³/mol. The Bertz CT molecular complexity index is 146. The van der Waals surface area contributed by atoms with Crippen molar-refractivity contribution in [3.8, 4) is 0 Å². The lowest BCUT2D eigenvalue weighted by atomic mass is 10.5. The second kappa shape index (κ2) is 3.71. The van der Waals surface area contributed by atoms with Gasteiger partial charge in [-0.15, -0.1) is 0 Å². The molecule has 0 bridgehead atoms. The standard InChI is InChI=1S/C6H7F3S/c1-3-5(10-4-2)6(7,8)9/h3-4H,2H2,1H3. The first-order valence-corrected chi connectivity index (χ1v) is 3.41. The van der Waals surface area contributed by atoms with E-state index in [2.05, 4.69) is 6.58 Å². The summed E-state index contributed by atoms with van der Waals surface area (Å²) in [6, 6.07) is 0. The molecule has 0 aliphatic rings. The van der Waals surface area contributed by atoms with E-state index in [1.807, 2.05) is 0 Å². The van der Waals surface area contributed by atoms with Gasteiger partial charge in [0.05, 0.1) is 4.91 Å². The molecule has 58 valence electrons. The maximum Gasteiger partial charge on any atom is 0.422 e. The molecule has 0 aromatic rings. The van der Waals surface area contributed by atoms with Gasteiger partial charge in [-0.25, -0.2) is 0 Å². The van der Waals surface area contributed by atoms with Crippen LogP contribution in [0.4, 0.5) is 13.2 Å². The topological polar surface area (TPSA) is 0 Å². The fourth-order valence-corrected chi connectivity index (χ4v) is 0.838. The van der Waals surface area contributed by atoms with Crippen molar-refractivity contribution in [1.82, 2.24) is 0 Å². The molecular formula is C6H7F3S. The molecule has 0 saturated heterocycles. The SMILES string of the molecule is C=CSC(=CC)C(F)(F)F. The molecule has 0 fully saturated rings. The first kappa shape index (κ1) is 9.62. The molecule has 0 nitrogen and oxygen atoms in total. The summed E-state index contributed by atoms with van der Waals surface area (Å²) >= 11 is 0.583. The summed E-state index contributed by atoms with van der Waals surface area (Å²) in [6.45, 7) is 4.53. The normalized spacial score (nSPS) is 13.4. The molecule has 0 aromatic heterocycles. The lowest BCUT2D eigenvalue weighted by Gasteiger charge is -2.06. The van der Waals surface area contributed by atoms with E-state index >= 15 is 0 Å². The lowest BCUT2D eigenvalue weighted by molar-refractivity contribution is -0.0836. The first-order valence-electron chi connectivity index (χ1n) is 2.53. The van der Waals surface area contributed by atoms with Crippen molar-refractivity contribution >= 4 is 11.8 Å². The predicted octanol–water partition coefficient (Wildman–Crippen LogP) is 3.33. The molecule has 0 rings (SSSR count). The van der Waals surface area contributed by atoms with Crippen molar-refractivity contribution in [3.05, 3.63) is 23.0 Å². The van der Waals surface area contributed by atoms with Gasteiger partial charge in [-0.3, -0.25) is 0 Å². The molecule has 0 spiro atoms. The van der Waals surface area contributed by atoms with Gasteiger partial charge in [0.25, 0.3) is 0 Å². The van der Waals surface area contributed by atoms with Gasteiger partial charge in [-0.2, -0.15) is 13.2 Å². The highest BCUT2D eigenvalue weighted by molar-refractivity contribution is 8.05. The molecule has 0 aromatic carbocycles. The average Bonchev–Trinajstić information content (AvgIpc) is 1.80. The van der Waals surface area contributed by atoms with Crippen LogP contribution in [0.5, 0.6) is 0 Å². The maximum absolute atomic E-state index is 11.8. The number of halogens is 3. The summed E-state index contributed by atoms with van der Waals surface area (Å²) in [5.74, 6) is 0. The fourth-order valence-electron chi connectivity index (χ4n) is 0.388. The summed E-state index contributed by atoms with van der Waals surface area (Å²) in [6.07, 6.45) is -3.21. The van der Waals surface area contributed by atoms with Gasteiger partial charge >= 0.3 is 6.18 Å². The van der Waals surface area contributed by atoms with Crippen LogP contribution >= 0.6 is 11.8 Å². The summed E-state index contributed by atoms with van der Waals surface area (Å²) in [7, 11) is 0. The van der Waals surface area contributed by atoms with Gasteiger partial charge in [0, 0.05) is 0 Å². The number of hydrogen-bond donors (Lipinski definition) is 0. The Balaban J connectivity index is 4.23. The monoisotopic (exact) mass is 168 g/mol. The van der Waals surface area contributed by atoms with E-state index in [4.69, 9.17) is 0 Å². The van der Waals surface area contributed by atoms with Crippen molar-refractivity contribution < 1.29 is 13.2 Å². The molecule has 0 radical (unpaired) electrons. The Morgan fingerprint density at radius 2 is 2.00 bits per heavy atom. The quantitative estimate of drug-likeness (QED) is 0.609. The highest BCUT2D eigenvalue weighted by atomic mass is 32.2. The van der Waals surface area contributed by atoms with Crippen LogP contribution in [0, 0.1) is 0 Å². The molecule has 0 N–H and O–H groups in total. The van der Waals surface area contributed by atoms with E-state index in [0.29, 0.717) is 11.8 Å². The van der Waals surface area contributed by atoms with Crippen LogP contribution in [-0.4, -0.2) is 6.18 Å². The minimum absolute atomic E-state index is 0.583.